The van der Waals surface area contributed by atoms with Crippen molar-refractivity contribution >= 4 is 11.7 Å². The van der Waals surface area contributed by atoms with E-state index in [0.29, 0.717) is 28.4 Å². The Morgan fingerprint density at radius 2 is 2.15 bits per heavy atom. The van der Waals surface area contributed by atoms with E-state index in [1.165, 1.54) is 25.3 Å². The van der Waals surface area contributed by atoms with Crippen molar-refractivity contribution < 1.29 is 27.8 Å². The third-order valence-electron chi connectivity index (χ3n) is 4.04. The molecule has 26 heavy (non-hydrogen) atoms. The maximum Gasteiger partial charge on any atom is 0.339 e. The van der Waals surface area contributed by atoms with Crippen molar-refractivity contribution in [1.29, 1.82) is 0 Å². The lowest BCUT2D eigenvalue weighted by Crippen LogP contribution is -2.56. The molecule has 0 aromatic carbocycles. The van der Waals surface area contributed by atoms with E-state index in [2.05, 4.69) is 9.97 Å². The lowest BCUT2D eigenvalue weighted by molar-refractivity contribution is -0.0263. The third kappa shape index (κ3) is 3.77. The average Bonchev–Trinajstić information content (AvgIpc) is 3.06. The van der Waals surface area contributed by atoms with E-state index < -0.39 is 11.9 Å². The van der Waals surface area contributed by atoms with Gasteiger partial charge in [-0.3, -0.25) is 4.98 Å². The Morgan fingerprint density at radius 1 is 1.38 bits per heavy atom. The minimum absolute atomic E-state index is 0.0110. The van der Waals surface area contributed by atoms with Crippen molar-refractivity contribution in [3.8, 4) is 5.75 Å². The van der Waals surface area contributed by atoms with Crippen molar-refractivity contribution in [1.82, 2.24) is 9.97 Å². The summed E-state index contributed by atoms with van der Waals surface area (Å²) in [6, 6.07) is 3.27. The Labute approximate surface area is 148 Å². The van der Waals surface area contributed by atoms with E-state index in [0.717, 1.165) is 0 Å². The molecule has 0 unspecified atom stereocenters. The number of halogens is 2. The average molecular weight is 367 g/mol. The van der Waals surface area contributed by atoms with Crippen LogP contribution in [0.2, 0.25) is 0 Å². The van der Waals surface area contributed by atoms with Gasteiger partial charge in [-0.1, -0.05) is 0 Å². The van der Waals surface area contributed by atoms with Gasteiger partial charge in [0.2, 0.25) is 0 Å². The van der Waals surface area contributed by atoms with Crippen LogP contribution in [0, 0.1) is 0 Å². The van der Waals surface area contributed by atoms with Crippen LogP contribution in [0.15, 0.2) is 24.5 Å². The molecule has 0 aliphatic carbocycles. The van der Waals surface area contributed by atoms with Gasteiger partial charge in [-0.25, -0.2) is 13.6 Å². The quantitative estimate of drug-likeness (QED) is 0.597. The monoisotopic (exact) mass is 367 g/mol. The summed E-state index contributed by atoms with van der Waals surface area (Å²) in [5.41, 5.74) is 2.12. The number of H-pyrrole nitrogens is 1. The maximum atomic E-state index is 13.1. The van der Waals surface area contributed by atoms with Gasteiger partial charge >= 0.3 is 5.97 Å². The Bertz CT molecular complexity index is 786. The molecule has 1 aliphatic heterocycles. The number of ether oxygens (including phenoxy) is 3. The van der Waals surface area contributed by atoms with Crippen LogP contribution in [0.25, 0.3) is 0 Å². The van der Waals surface area contributed by atoms with Crippen molar-refractivity contribution in [3.05, 3.63) is 41.5 Å². The number of hydrogen-bond acceptors (Lipinski definition) is 6. The highest BCUT2D eigenvalue weighted by atomic mass is 19.3. The molecular formula is C17H19F2N3O4. The molecule has 9 heteroatoms. The fraction of sp³-hybridized carbons (Fsp3) is 0.412. The number of rotatable bonds is 7. The molecule has 140 valence electrons. The van der Waals surface area contributed by atoms with Crippen LogP contribution in [0.4, 0.5) is 14.5 Å². The number of carbonyl (C=O) groups is 1. The number of methoxy groups -OCH3 is 2. The zero-order chi connectivity index (χ0) is 18.7. The molecular weight excluding hydrogens is 348 g/mol. The number of pyridine rings is 1. The Balaban J connectivity index is 1.84. The zero-order valence-electron chi connectivity index (χ0n) is 14.4. The number of alkyl halides is 2. The van der Waals surface area contributed by atoms with Gasteiger partial charge in [0.05, 0.1) is 43.3 Å². The van der Waals surface area contributed by atoms with Crippen LogP contribution < -0.4 is 9.64 Å². The highest BCUT2D eigenvalue weighted by molar-refractivity contribution is 5.90. The predicted molar refractivity (Wildman–Crippen MR) is 88.8 cm³/mol. The highest BCUT2D eigenvalue weighted by Crippen LogP contribution is 2.34. The standard InChI is InChI=1S/C17H19F2N3O4/c1-24-10-26-15-5-11(22-8-17(18,19)9-22)7-21-14(15)6-13-12(3-4-20-13)16(23)25-2/h3-5,7,20H,6,8-10H2,1-2H3. The second-order valence-electron chi connectivity index (χ2n) is 5.94. The minimum atomic E-state index is -2.67. The first kappa shape index (κ1) is 18.1. The SMILES string of the molecule is COCOc1cc(N2CC(F)(F)C2)cnc1Cc1[nH]ccc1C(=O)OC. The Morgan fingerprint density at radius 3 is 2.81 bits per heavy atom. The summed E-state index contributed by atoms with van der Waals surface area (Å²) in [7, 11) is 2.79. The fourth-order valence-electron chi connectivity index (χ4n) is 2.73. The molecule has 2 aromatic rings. The first-order chi connectivity index (χ1) is 12.4. The normalized spacial score (nSPS) is 15.5. The molecule has 2 aromatic heterocycles. The van der Waals surface area contributed by atoms with Gasteiger partial charge in [-0.2, -0.15) is 0 Å². The summed E-state index contributed by atoms with van der Waals surface area (Å²) in [5.74, 6) is -2.73. The summed E-state index contributed by atoms with van der Waals surface area (Å²) in [6.07, 6.45) is 3.44. The number of nitrogens with zero attached hydrogens (tertiary/aromatic N) is 2. The van der Waals surface area contributed by atoms with Crippen molar-refractivity contribution in [2.75, 3.05) is 39.0 Å². The van der Waals surface area contributed by atoms with Crippen LogP contribution in [0.3, 0.4) is 0 Å². The largest absolute Gasteiger partial charge is 0.466 e. The smallest absolute Gasteiger partial charge is 0.339 e. The van der Waals surface area contributed by atoms with Gasteiger partial charge in [0.1, 0.15) is 5.75 Å². The summed E-state index contributed by atoms with van der Waals surface area (Å²) in [4.78, 5) is 20.7. The van der Waals surface area contributed by atoms with Crippen LogP contribution in [0.1, 0.15) is 21.7 Å². The van der Waals surface area contributed by atoms with Gasteiger partial charge in [0.15, 0.2) is 6.79 Å². The molecule has 1 saturated heterocycles. The topological polar surface area (TPSA) is 76.7 Å². The summed E-state index contributed by atoms with van der Waals surface area (Å²) in [5, 5.41) is 0. The van der Waals surface area contributed by atoms with E-state index in [1.807, 2.05) is 0 Å². The number of nitrogens with one attached hydrogen (secondary N) is 1. The molecule has 0 saturated carbocycles. The van der Waals surface area contributed by atoms with Gasteiger partial charge in [-0.05, 0) is 6.07 Å². The Hall–Kier alpha value is -2.68. The zero-order valence-corrected chi connectivity index (χ0v) is 14.4. The fourth-order valence-corrected chi connectivity index (χ4v) is 2.73. The lowest BCUT2D eigenvalue weighted by Gasteiger charge is -2.40. The summed E-state index contributed by atoms with van der Waals surface area (Å²) >= 11 is 0. The van der Waals surface area contributed by atoms with Gasteiger partial charge in [-0.15, -0.1) is 0 Å². The van der Waals surface area contributed by atoms with Crippen LogP contribution in [-0.4, -0.2) is 56.0 Å². The van der Waals surface area contributed by atoms with E-state index in [9.17, 15) is 13.6 Å². The van der Waals surface area contributed by atoms with E-state index in [-0.39, 0.29) is 26.3 Å². The van der Waals surface area contributed by atoms with Gasteiger partial charge in [0.25, 0.3) is 5.92 Å². The third-order valence-corrected chi connectivity index (χ3v) is 4.04. The van der Waals surface area contributed by atoms with E-state index in [1.54, 1.807) is 18.3 Å². The number of aromatic amines is 1. The molecule has 7 nitrogen and oxygen atoms in total. The highest BCUT2D eigenvalue weighted by Gasteiger charge is 2.44. The Kier molecular flexibility index (Phi) is 5.08. The summed E-state index contributed by atoms with van der Waals surface area (Å²) < 4.78 is 41.4. The molecule has 1 aliphatic rings. The molecule has 0 atom stereocenters. The molecule has 1 fully saturated rings. The molecule has 0 radical (unpaired) electrons. The molecule has 3 heterocycles. The van der Waals surface area contributed by atoms with Crippen molar-refractivity contribution in [2.24, 2.45) is 0 Å². The molecule has 0 bridgehead atoms. The number of hydrogen-bond donors (Lipinski definition) is 1. The second kappa shape index (κ2) is 7.28. The minimum Gasteiger partial charge on any atom is -0.466 e. The maximum absolute atomic E-state index is 13.1. The molecule has 1 N–H and O–H groups in total. The van der Waals surface area contributed by atoms with Crippen molar-refractivity contribution in [2.45, 2.75) is 12.3 Å². The molecule has 3 rings (SSSR count). The van der Waals surface area contributed by atoms with Crippen LogP contribution in [-0.2, 0) is 15.9 Å². The van der Waals surface area contributed by atoms with Gasteiger partial charge in [0, 0.05) is 31.5 Å². The first-order valence-electron chi connectivity index (χ1n) is 7.91. The first-order valence-corrected chi connectivity index (χ1v) is 7.91. The van der Waals surface area contributed by atoms with Gasteiger partial charge < -0.3 is 24.1 Å². The van der Waals surface area contributed by atoms with E-state index >= 15 is 0 Å². The van der Waals surface area contributed by atoms with Crippen molar-refractivity contribution in [3.63, 3.8) is 0 Å². The lowest BCUT2D eigenvalue weighted by atomic mass is 10.1. The molecule has 0 amide bonds. The summed E-state index contributed by atoms with van der Waals surface area (Å²) in [6.45, 7) is -0.704. The van der Waals surface area contributed by atoms with Crippen LogP contribution in [0.5, 0.6) is 5.75 Å². The van der Waals surface area contributed by atoms with Crippen LogP contribution >= 0.6 is 0 Å². The number of anilines is 1. The van der Waals surface area contributed by atoms with E-state index in [4.69, 9.17) is 14.2 Å². The molecule has 0 spiro atoms. The number of carbonyl (C=O) groups excluding carboxylic acids is 1. The number of esters is 1. The second-order valence-corrected chi connectivity index (χ2v) is 5.94. The predicted octanol–water partition coefficient (Wildman–Crippen LogP) is 2.23. The number of aromatic nitrogens is 2.